The van der Waals surface area contributed by atoms with Gasteiger partial charge in [-0.15, -0.1) is 11.3 Å². The van der Waals surface area contributed by atoms with Crippen LogP contribution in [0.15, 0.2) is 47.6 Å². The van der Waals surface area contributed by atoms with E-state index in [1.54, 1.807) is 11.3 Å². The summed E-state index contributed by atoms with van der Waals surface area (Å²) in [5.41, 5.74) is 11.4. The van der Waals surface area contributed by atoms with E-state index in [1.807, 2.05) is 32.3 Å². The van der Waals surface area contributed by atoms with Crippen LogP contribution in [0.25, 0.3) is 31.2 Å². The van der Waals surface area contributed by atoms with Gasteiger partial charge in [-0.3, -0.25) is 0 Å². The van der Waals surface area contributed by atoms with Crippen molar-refractivity contribution in [1.29, 1.82) is 0 Å². The van der Waals surface area contributed by atoms with Crippen LogP contribution in [-0.2, 0) is 4.74 Å². The molecular weight excluding hydrogens is 362 g/mol. The summed E-state index contributed by atoms with van der Waals surface area (Å²) in [6.07, 6.45) is 0. The first-order valence-electron chi connectivity index (χ1n) is 8.57. The molecule has 27 heavy (non-hydrogen) atoms. The first kappa shape index (κ1) is 19.0. The molecule has 0 spiro atoms. The van der Waals surface area contributed by atoms with Crippen molar-refractivity contribution in [2.75, 3.05) is 45.4 Å². The summed E-state index contributed by atoms with van der Waals surface area (Å²) in [6.45, 7) is 1.63. The lowest BCUT2D eigenvalue weighted by Crippen LogP contribution is -2.08. The van der Waals surface area contributed by atoms with Crippen LogP contribution in [0.4, 0.5) is 5.69 Å². The van der Waals surface area contributed by atoms with E-state index in [-0.39, 0.29) is 0 Å². The Morgan fingerprint density at radius 3 is 2.67 bits per heavy atom. The van der Waals surface area contributed by atoms with Crippen LogP contribution in [0.2, 0.25) is 0 Å². The Hall–Kier alpha value is -2.80. The zero-order valence-corrected chi connectivity index (χ0v) is 16.1. The molecule has 1 aromatic heterocycles. The monoisotopic (exact) mass is 383 g/mol. The average Bonchev–Trinajstić information content (AvgIpc) is 3.11. The molecule has 0 fully saturated rings. The summed E-state index contributed by atoms with van der Waals surface area (Å²) < 4.78 is 12.1. The Labute approximate surface area is 161 Å². The SMILES string of the molecule is CN(C)c1ccc(-c2nc3ccc(OCCOCCN=[N+]=[N-])cc3s2)cc1. The second kappa shape index (κ2) is 9.23. The van der Waals surface area contributed by atoms with Crippen molar-refractivity contribution in [2.24, 2.45) is 5.11 Å². The predicted octanol–water partition coefficient (Wildman–Crippen LogP) is 4.74. The van der Waals surface area contributed by atoms with Crippen molar-refractivity contribution in [1.82, 2.24) is 4.98 Å². The largest absolute Gasteiger partial charge is 0.491 e. The maximum atomic E-state index is 8.18. The number of ether oxygens (including phenoxy) is 2. The Kier molecular flexibility index (Phi) is 6.49. The minimum absolute atomic E-state index is 0.335. The smallest absolute Gasteiger partial charge is 0.124 e. The van der Waals surface area contributed by atoms with E-state index in [1.165, 1.54) is 0 Å². The summed E-state index contributed by atoms with van der Waals surface area (Å²) >= 11 is 1.65. The molecule has 0 saturated heterocycles. The van der Waals surface area contributed by atoms with Crippen LogP contribution in [0.3, 0.4) is 0 Å². The molecule has 0 saturated carbocycles. The maximum Gasteiger partial charge on any atom is 0.124 e. The van der Waals surface area contributed by atoms with E-state index >= 15 is 0 Å². The van der Waals surface area contributed by atoms with E-state index in [9.17, 15) is 0 Å². The van der Waals surface area contributed by atoms with Crippen molar-refractivity contribution in [2.45, 2.75) is 0 Å². The van der Waals surface area contributed by atoms with Gasteiger partial charge in [-0.1, -0.05) is 5.11 Å². The molecule has 8 heteroatoms. The topological polar surface area (TPSA) is 83.4 Å². The van der Waals surface area contributed by atoms with Gasteiger partial charge in [-0.05, 0) is 48.0 Å². The fourth-order valence-electron chi connectivity index (χ4n) is 2.49. The lowest BCUT2D eigenvalue weighted by Gasteiger charge is -2.11. The number of hydrogen-bond acceptors (Lipinski definition) is 6. The number of rotatable bonds is 9. The molecule has 3 rings (SSSR count). The summed E-state index contributed by atoms with van der Waals surface area (Å²) in [6, 6.07) is 14.3. The molecule has 140 valence electrons. The van der Waals surface area contributed by atoms with Crippen LogP contribution in [0.1, 0.15) is 0 Å². The Morgan fingerprint density at radius 1 is 1.11 bits per heavy atom. The van der Waals surface area contributed by atoms with Crippen LogP contribution < -0.4 is 9.64 Å². The summed E-state index contributed by atoms with van der Waals surface area (Å²) in [4.78, 5) is 9.47. The lowest BCUT2D eigenvalue weighted by molar-refractivity contribution is 0.106. The van der Waals surface area contributed by atoms with Gasteiger partial charge in [-0.25, -0.2) is 4.98 Å². The fourth-order valence-corrected chi connectivity index (χ4v) is 3.49. The Bertz CT molecular complexity index is 933. The molecule has 0 amide bonds. The van der Waals surface area contributed by atoms with Gasteiger partial charge in [0.1, 0.15) is 17.4 Å². The zero-order chi connectivity index (χ0) is 19.1. The maximum absolute atomic E-state index is 8.18. The Balaban J connectivity index is 1.61. The van der Waals surface area contributed by atoms with Crippen LogP contribution >= 0.6 is 11.3 Å². The molecule has 0 aliphatic rings. The third-order valence-electron chi connectivity index (χ3n) is 3.89. The molecule has 0 bridgehead atoms. The van der Waals surface area contributed by atoms with Gasteiger partial charge in [-0.2, -0.15) is 0 Å². The lowest BCUT2D eigenvalue weighted by atomic mass is 10.2. The molecule has 0 aliphatic heterocycles. The van der Waals surface area contributed by atoms with Gasteiger partial charge in [0.25, 0.3) is 0 Å². The predicted molar refractivity (Wildman–Crippen MR) is 110 cm³/mol. The second-order valence-electron chi connectivity index (χ2n) is 6.01. The van der Waals surface area contributed by atoms with E-state index in [0.717, 1.165) is 32.2 Å². The van der Waals surface area contributed by atoms with Gasteiger partial charge in [0, 0.05) is 36.8 Å². The summed E-state index contributed by atoms with van der Waals surface area (Å²) in [5.74, 6) is 0.791. The first-order valence-corrected chi connectivity index (χ1v) is 9.39. The minimum Gasteiger partial charge on any atom is -0.491 e. The molecule has 3 aromatic rings. The highest BCUT2D eigenvalue weighted by molar-refractivity contribution is 7.21. The van der Waals surface area contributed by atoms with Gasteiger partial charge >= 0.3 is 0 Å². The molecule has 7 nitrogen and oxygen atoms in total. The van der Waals surface area contributed by atoms with E-state index in [2.05, 4.69) is 39.2 Å². The van der Waals surface area contributed by atoms with Crippen molar-refractivity contribution in [3.05, 3.63) is 52.9 Å². The first-order chi connectivity index (χ1) is 13.2. The van der Waals surface area contributed by atoms with Crippen molar-refractivity contribution >= 4 is 27.2 Å². The van der Waals surface area contributed by atoms with Crippen LogP contribution in [0.5, 0.6) is 5.75 Å². The molecular formula is C19H21N5O2S. The number of hydrogen-bond donors (Lipinski definition) is 0. The highest BCUT2D eigenvalue weighted by atomic mass is 32.1. The number of aromatic nitrogens is 1. The highest BCUT2D eigenvalue weighted by Crippen LogP contribution is 2.33. The van der Waals surface area contributed by atoms with E-state index < -0.39 is 0 Å². The van der Waals surface area contributed by atoms with Crippen molar-refractivity contribution in [3.63, 3.8) is 0 Å². The van der Waals surface area contributed by atoms with Crippen LogP contribution in [-0.4, -0.2) is 45.4 Å². The van der Waals surface area contributed by atoms with Gasteiger partial charge in [0.2, 0.25) is 0 Å². The number of azide groups is 1. The van der Waals surface area contributed by atoms with Crippen LogP contribution in [0, 0.1) is 0 Å². The van der Waals surface area contributed by atoms with Crippen molar-refractivity contribution < 1.29 is 9.47 Å². The molecule has 2 aromatic carbocycles. The molecule has 0 unspecified atom stereocenters. The number of benzene rings is 2. The normalized spacial score (nSPS) is 10.6. The number of fused-ring (bicyclic) bond motifs is 1. The Morgan fingerprint density at radius 2 is 1.93 bits per heavy atom. The minimum atomic E-state index is 0.335. The third kappa shape index (κ3) is 5.10. The second-order valence-corrected chi connectivity index (χ2v) is 7.04. The summed E-state index contributed by atoms with van der Waals surface area (Å²) in [5, 5.41) is 4.40. The molecule has 0 radical (unpaired) electrons. The number of nitrogens with zero attached hydrogens (tertiary/aromatic N) is 5. The zero-order valence-electron chi connectivity index (χ0n) is 15.3. The van der Waals surface area contributed by atoms with Gasteiger partial charge in [0.05, 0.1) is 23.4 Å². The average molecular weight is 383 g/mol. The van der Waals surface area contributed by atoms with E-state index in [0.29, 0.717) is 26.4 Å². The molecule has 0 N–H and O–H groups in total. The van der Waals surface area contributed by atoms with Crippen molar-refractivity contribution in [3.8, 4) is 16.3 Å². The fraction of sp³-hybridized carbons (Fsp3) is 0.316. The molecule has 0 aliphatic carbocycles. The standard InChI is InChI=1S/C19H21N5O2S/c1-24(2)15-5-3-14(4-6-15)19-22-17-8-7-16(13-18(17)27-19)26-12-11-25-10-9-21-23-20/h3-8,13H,9-12H2,1-2H3. The third-order valence-corrected chi connectivity index (χ3v) is 4.95. The van der Waals surface area contributed by atoms with Gasteiger partial charge < -0.3 is 14.4 Å². The van der Waals surface area contributed by atoms with E-state index in [4.69, 9.17) is 20.0 Å². The number of anilines is 1. The molecule has 0 atom stereocenters. The number of thiazole rings is 1. The quantitative estimate of drug-likeness (QED) is 0.231. The van der Waals surface area contributed by atoms with Gasteiger partial charge in [0.15, 0.2) is 0 Å². The summed E-state index contributed by atoms with van der Waals surface area (Å²) in [7, 11) is 4.05. The molecule has 1 heterocycles. The highest BCUT2D eigenvalue weighted by Gasteiger charge is 2.08.